The molecule has 122 valence electrons. The predicted molar refractivity (Wildman–Crippen MR) is 94.6 cm³/mol. The van der Waals surface area contributed by atoms with E-state index in [4.69, 9.17) is 4.74 Å². The SMILES string of the molecule is COC(=O)N1C[C@H]2C[C@H](c3ccccc3)[C@@H]1C=C2c1ccccc1. The van der Waals surface area contributed by atoms with Crippen molar-refractivity contribution in [2.75, 3.05) is 13.7 Å². The van der Waals surface area contributed by atoms with Crippen molar-refractivity contribution in [3.63, 3.8) is 0 Å². The average molecular weight is 319 g/mol. The van der Waals surface area contributed by atoms with Gasteiger partial charge in [0.25, 0.3) is 0 Å². The predicted octanol–water partition coefficient (Wildman–Crippen LogP) is 4.32. The Bertz CT molecular complexity index is 754. The third kappa shape index (κ3) is 2.50. The van der Waals surface area contributed by atoms with Crippen molar-refractivity contribution in [1.29, 1.82) is 0 Å². The number of benzene rings is 2. The van der Waals surface area contributed by atoms with Crippen LogP contribution in [0.3, 0.4) is 0 Å². The Morgan fingerprint density at radius 3 is 2.33 bits per heavy atom. The average Bonchev–Trinajstić information content (AvgIpc) is 2.68. The number of piperidine rings is 1. The molecule has 2 aliphatic heterocycles. The Morgan fingerprint density at radius 2 is 1.71 bits per heavy atom. The number of carbonyl (C=O) groups excluding carboxylic acids is 1. The molecule has 0 unspecified atom stereocenters. The summed E-state index contributed by atoms with van der Waals surface area (Å²) in [6, 6.07) is 21.1. The molecular formula is C21H21NO2. The van der Waals surface area contributed by atoms with Gasteiger partial charge in [0.05, 0.1) is 13.2 Å². The maximum absolute atomic E-state index is 12.3. The summed E-state index contributed by atoms with van der Waals surface area (Å²) in [5, 5.41) is 0. The molecule has 3 nitrogen and oxygen atoms in total. The fraction of sp³-hybridized carbons (Fsp3) is 0.286. The Labute approximate surface area is 142 Å². The summed E-state index contributed by atoms with van der Waals surface area (Å²) in [6.07, 6.45) is 3.12. The molecule has 1 amide bonds. The van der Waals surface area contributed by atoms with Crippen molar-refractivity contribution in [3.05, 3.63) is 77.9 Å². The lowest BCUT2D eigenvalue weighted by atomic mass is 9.69. The van der Waals surface area contributed by atoms with Crippen LogP contribution in [0.1, 0.15) is 23.5 Å². The van der Waals surface area contributed by atoms with E-state index in [9.17, 15) is 4.79 Å². The van der Waals surface area contributed by atoms with Crippen LogP contribution in [0.25, 0.3) is 5.57 Å². The molecule has 1 fully saturated rings. The molecule has 0 radical (unpaired) electrons. The highest BCUT2D eigenvalue weighted by atomic mass is 16.5. The fourth-order valence-electron chi connectivity index (χ4n) is 4.16. The van der Waals surface area contributed by atoms with Crippen LogP contribution in [-0.2, 0) is 4.74 Å². The fourth-order valence-corrected chi connectivity index (χ4v) is 4.16. The van der Waals surface area contributed by atoms with E-state index in [0.29, 0.717) is 11.8 Å². The summed E-state index contributed by atoms with van der Waals surface area (Å²) < 4.78 is 5.03. The number of ether oxygens (including phenoxy) is 1. The van der Waals surface area contributed by atoms with Crippen molar-refractivity contribution in [2.45, 2.75) is 18.4 Å². The largest absolute Gasteiger partial charge is 0.453 e. The molecule has 2 aromatic carbocycles. The minimum absolute atomic E-state index is 0.0556. The van der Waals surface area contributed by atoms with Crippen molar-refractivity contribution < 1.29 is 9.53 Å². The maximum atomic E-state index is 12.3. The molecule has 3 heteroatoms. The smallest absolute Gasteiger partial charge is 0.410 e. The van der Waals surface area contributed by atoms with Gasteiger partial charge in [-0.05, 0) is 23.1 Å². The van der Waals surface area contributed by atoms with Crippen LogP contribution in [-0.4, -0.2) is 30.7 Å². The Balaban J connectivity index is 1.74. The van der Waals surface area contributed by atoms with Gasteiger partial charge >= 0.3 is 6.09 Å². The van der Waals surface area contributed by atoms with Crippen molar-refractivity contribution in [1.82, 2.24) is 4.90 Å². The van der Waals surface area contributed by atoms with Crippen LogP contribution in [0.2, 0.25) is 0 Å². The highest BCUT2D eigenvalue weighted by molar-refractivity contribution is 5.76. The second-order valence-corrected chi connectivity index (χ2v) is 6.55. The Morgan fingerprint density at radius 1 is 1.04 bits per heavy atom. The van der Waals surface area contributed by atoms with Gasteiger partial charge in [0.15, 0.2) is 0 Å². The molecular weight excluding hydrogens is 298 g/mol. The van der Waals surface area contributed by atoms with E-state index >= 15 is 0 Å². The molecule has 1 saturated heterocycles. The quantitative estimate of drug-likeness (QED) is 0.825. The molecule has 3 aliphatic rings. The van der Waals surface area contributed by atoms with E-state index in [1.807, 2.05) is 17.0 Å². The highest BCUT2D eigenvalue weighted by Crippen LogP contribution is 2.47. The molecule has 2 heterocycles. The van der Waals surface area contributed by atoms with E-state index in [-0.39, 0.29) is 12.1 Å². The lowest BCUT2D eigenvalue weighted by Crippen LogP contribution is -2.53. The number of methoxy groups -OCH3 is 1. The van der Waals surface area contributed by atoms with Crippen LogP contribution >= 0.6 is 0 Å². The normalized spacial score (nSPS) is 25.3. The standard InChI is InChI=1S/C21H21NO2/c1-24-21(23)22-14-17-12-19(16-10-6-3-7-11-16)20(22)13-18(17)15-8-4-2-5-9-15/h2-11,13,17,19-20H,12,14H2,1H3/t17-,19-,20+/m1/s1. The number of rotatable bonds is 2. The topological polar surface area (TPSA) is 29.5 Å². The van der Waals surface area contributed by atoms with Gasteiger partial charge in [-0.15, -0.1) is 0 Å². The van der Waals surface area contributed by atoms with Gasteiger partial charge < -0.3 is 9.64 Å². The van der Waals surface area contributed by atoms with E-state index in [2.05, 4.69) is 54.6 Å². The summed E-state index contributed by atoms with van der Waals surface area (Å²) in [5.41, 5.74) is 3.93. The number of amides is 1. The first-order valence-corrected chi connectivity index (χ1v) is 8.44. The highest BCUT2D eigenvalue weighted by Gasteiger charge is 2.44. The lowest BCUT2D eigenvalue weighted by Gasteiger charge is -2.48. The van der Waals surface area contributed by atoms with Crippen molar-refractivity contribution in [3.8, 4) is 0 Å². The third-order valence-corrected chi connectivity index (χ3v) is 5.26. The molecule has 0 saturated carbocycles. The van der Waals surface area contributed by atoms with Crippen molar-refractivity contribution >= 4 is 11.7 Å². The van der Waals surface area contributed by atoms with E-state index in [0.717, 1.165) is 13.0 Å². The number of carbonyl (C=O) groups is 1. The van der Waals surface area contributed by atoms with Gasteiger partial charge in [-0.1, -0.05) is 66.7 Å². The molecule has 24 heavy (non-hydrogen) atoms. The summed E-state index contributed by atoms with van der Waals surface area (Å²) in [7, 11) is 1.46. The molecule has 1 aliphatic carbocycles. The zero-order chi connectivity index (χ0) is 16.5. The van der Waals surface area contributed by atoms with Crippen LogP contribution < -0.4 is 0 Å². The summed E-state index contributed by atoms with van der Waals surface area (Å²) >= 11 is 0. The van der Waals surface area contributed by atoms with Crippen LogP contribution in [0.15, 0.2) is 66.7 Å². The van der Waals surface area contributed by atoms with Gasteiger partial charge in [0.2, 0.25) is 0 Å². The first-order chi connectivity index (χ1) is 11.8. The second-order valence-electron chi connectivity index (χ2n) is 6.55. The minimum atomic E-state index is -0.228. The second kappa shape index (κ2) is 6.16. The Hall–Kier alpha value is -2.55. The molecule has 0 aromatic heterocycles. The van der Waals surface area contributed by atoms with Crippen molar-refractivity contribution in [2.24, 2.45) is 5.92 Å². The van der Waals surface area contributed by atoms with E-state index in [1.165, 1.54) is 23.8 Å². The maximum Gasteiger partial charge on any atom is 0.410 e. The first-order valence-electron chi connectivity index (χ1n) is 8.44. The summed E-state index contributed by atoms with van der Waals surface area (Å²) in [4.78, 5) is 14.1. The molecule has 0 N–H and O–H groups in total. The molecule has 0 spiro atoms. The third-order valence-electron chi connectivity index (χ3n) is 5.26. The van der Waals surface area contributed by atoms with E-state index in [1.54, 1.807) is 0 Å². The summed E-state index contributed by atoms with van der Waals surface area (Å²) in [5.74, 6) is 0.679. The lowest BCUT2D eigenvalue weighted by molar-refractivity contribution is 0.0798. The number of hydrogen-bond donors (Lipinski definition) is 0. The zero-order valence-corrected chi connectivity index (χ0v) is 13.8. The van der Waals surface area contributed by atoms with Gasteiger partial charge in [0.1, 0.15) is 0 Å². The number of nitrogens with zero attached hydrogens (tertiary/aromatic N) is 1. The van der Waals surface area contributed by atoms with Gasteiger partial charge in [-0.3, -0.25) is 0 Å². The molecule has 2 bridgehead atoms. The molecule has 5 rings (SSSR count). The Kier molecular flexibility index (Phi) is 3.85. The van der Waals surface area contributed by atoms with Gasteiger partial charge in [0, 0.05) is 18.4 Å². The number of hydrogen-bond acceptors (Lipinski definition) is 2. The van der Waals surface area contributed by atoms with Crippen LogP contribution in [0, 0.1) is 5.92 Å². The molecule has 2 aromatic rings. The summed E-state index contributed by atoms with van der Waals surface area (Å²) in [6.45, 7) is 0.738. The first kappa shape index (κ1) is 15.0. The zero-order valence-electron chi connectivity index (χ0n) is 13.8. The van der Waals surface area contributed by atoms with Crippen LogP contribution in [0.4, 0.5) is 4.79 Å². The monoisotopic (exact) mass is 319 g/mol. The van der Waals surface area contributed by atoms with Gasteiger partial charge in [-0.2, -0.15) is 0 Å². The molecule has 3 atom stereocenters. The minimum Gasteiger partial charge on any atom is -0.453 e. The van der Waals surface area contributed by atoms with Gasteiger partial charge in [-0.25, -0.2) is 4.79 Å². The van der Waals surface area contributed by atoms with Crippen LogP contribution in [0.5, 0.6) is 0 Å². The van der Waals surface area contributed by atoms with E-state index < -0.39 is 0 Å². The number of fused-ring (bicyclic) bond motifs is 2.